The average molecular weight is 1750 g/mol. The zero-order chi connectivity index (χ0) is 90.0. The van der Waals surface area contributed by atoms with Gasteiger partial charge in [-0.2, -0.15) is 0 Å². The highest BCUT2D eigenvalue weighted by molar-refractivity contribution is 7.16. The fourth-order valence-corrected chi connectivity index (χ4v) is 19.4. The van der Waals surface area contributed by atoms with Gasteiger partial charge in [-0.15, -0.1) is 11.3 Å². The van der Waals surface area contributed by atoms with E-state index in [1.54, 1.807) is 35.6 Å². The van der Waals surface area contributed by atoms with Gasteiger partial charge in [-0.05, 0) is 299 Å². The number of carbonyl (C=O) groups is 4. The first-order valence-corrected chi connectivity index (χ1v) is 44.3. The second-order valence-corrected chi connectivity index (χ2v) is 34.0. The number of thiophene rings is 1. The number of aryl methyl sites for hydroxylation is 2. The van der Waals surface area contributed by atoms with Crippen molar-refractivity contribution in [2.45, 2.75) is 113 Å². The summed E-state index contributed by atoms with van der Waals surface area (Å²) in [7, 11) is 0. The lowest BCUT2D eigenvalue weighted by molar-refractivity contribution is -0.132. The van der Waals surface area contributed by atoms with Crippen LogP contribution in [0, 0.1) is 27.0 Å². The van der Waals surface area contributed by atoms with Crippen LogP contribution in [-0.2, 0) is 44.9 Å². The van der Waals surface area contributed by atoms with E-state index in [2.05, 4.69) is 204 Å². The number of nitrogens with zero attached hydrogens (tertiary/aromatic N) is 2. The topological polar surface area (TPSA) is 158 Å². The van der Waals surface area contributed by atoms with Gasteiger partial charge in [0, 0.05) is 46.2 Å². The fraction of sp³-hybridized carbons (Fsp3) is 0.150. The maximum Gasteiger partial charge on any atom is 0.328 e. The molecule has 127 heavy (non-hydrogen) atoms. The molecule has 0 saturated carbocycles. The lowest BCUT2D eigenvalue weighted by Gasteiger charge is -2.19. The molecule has 10 aromatic rings. The summed E-state index contributed by atoms with van der Waals surface area (Å²) in [6.45, 7) is 30.2. The molecule has 6 aliphatic rings. The number of fused-ring (bicyclic) bond motifs is 4. The molecular formula is C113H95Cl3N2O8S. The third-order valence-corrected chi connectivity index (χ3v) is 25.3. The van der Waals surface area contributed by atoms with Crippen LogP contribution in [0.1, 0.15) is 184 Å². The van der Waals surface area contributed by atoms with E-state index in [1.807, 2.05) is 109 Å². The predicted molar refractivity (Wildman–Crippen MR) is 528 cm³/mol. The molecule has 0 aliphatic heterocycles. The molecule has 16 rings (SSSR count). The van der Waals surface area contributed by atoms with Crippen LogP contribution in [-0.4, -0.2) is 44.3 Å². The maximum atomic E-state index is 10.9. The molecule has 14 heteroatoms. The predicted octanol–water partition coefficient (Wildman–Crippen LogP) is 29.9. The van der Waals surface area contributed by atoms with Gasteiger partial charge >= 0.3 is 23.9 Å². The molecule has 0 bridgehead atoms. The molecule has 6 aliphatic carbocycles. The largest absolute Gasteiger partial charge is 0.478 e. The highest BCUT2D eigenvalue weighted by atomic mass is 35.5. The van der Waals surface area contributed by atoms with Crippen molar-refractivity contribution in [3.8, 4) is 0 Å². The lowest BCUT2D eigenvalue weighted by atomic mass is 9.85. The molecular weight excluding hydrogens is 1650 g/mol. The van der Waals surface area contributed by atoms with Crippen LogP contribution in [0.25, 0.3) is 90.2 Å². The normalized spacial score (nSPS) is 14.8. The number of hydrogen-bond acceptors (Lipinski definition) is 5. The Kier molecular flexibility index (Phi) is 30.3. The Balaban J connectivity index is 0.000000145. The third kappa shape index (κ3) is 21.6. The first kappa shape index (κ1) is 91.0. The van der Waals surface area contributed by atoms with E-state index in [1.165, 1.54) is 99.6 Å². The van der Waals surface area contributed by atoms with Crippen molar-refractivity contribution in [2.24, 2.45) is 0 Å². The highest BCUT2D eigenvalue weighted by Crippen LogP contribution is 2.50. The summed E-state index contributed by atoms with van der Waals surface area (Å²) in [5.41, 5.74) is 40.2. The summed E-state index contributed by atoms with van der Waals surface area (Å²) < 4.78 is 0.823. The van der Waals surface area contributed by atoms with E-state index in [4.69, 9.17) is 68.4 Å². The molecule has 1 aromatic heterocycles. The minimum Gasteiger partial charge on any atom is -0.478 e. The number of aliphatic carboxylic acids is 4. The van der Waals surface area contributed by atoms with Crippen LogP contribution in [0.4, 0.5) is 0 Å². The van der Waals surface area contributed by atoms with Gasteiger partial charge in [-0.25, -0.2) is 28.9 Å². The van der Waals surface area contributed by atoms with Crippen molar-refractivity contribution < 1.29 is 39.6 Å². The zero-order valence-electron chi connectivity index (χ0n) is 71.8. The standard InChI is InChI=1S/C30H27ClO2.C28H22ClNO2.C28H23NO2.C27H23ClO2S/c1-4-24(26-15-9-19(2)17-28(26)31)30(22-13-10-21(11-14-22)12-16-29(32)33)27-18-23-7-5-6-8-25(23)20(27)3;1-3-21(23-9-6-10-25(23)30-2)27(19-14-11-18(12-15-19)13-16-26(31)32)24-17-20-7-4-5-8-22(20)28(24)29;1-3-24(25-9-6-10-26(25)29-2)28(23-17-21-7-4-5-8-22(21)18-23)20-14-11-19(12-15-20)13-16-27(30)31;1-3-23(24-14-17(2)31-27(24)28)26(22-15-20-6-4-5-7-21(20)16-22)19-11-8-18(9-12-19)10-13-25(29)30/h5-17H,4,18H2,1-3H3,(H,32,33);4-9,11-16H,3,10,17H2,1H3,(H,31,32);4-9,11-17H,3,10,18H2,1H3,(H,30,31);4-15H,3,16H2,1-2H3,(H,29,30)/b16-12+,30-24+;16-13+,27-21+;16-13+,28-24+;13-10+,26-23+. The molecule has 10 nitrogen and oxygen atoms in total. The Morgan fingerprint density at radius 1 is 0.402 bits per heavy atom. The minimum absolute atomic E-state index is 0.654. The van der Waals surface area contributed by atoms with E-state index in [-0.39, 0.29) is 0 Å². The number of benzene rings is 9. The number of hydrogen-bond donors (Lipinski definition) is 4. The van der Waals surface area contributed by atoms with Crippen LogP contribution in [0.5, 0.6) is 0 Å². The average Bonchev–Trinajstić information content (AvgIpc) is 1.66. The lowest BCUT2D eigenvalue weighted by Crippen LogP contribution is -2.00. The van der Waals surface area contributed by atoms with Crippen molar-refractivity contribution in [2.75, 3.05) is 0 Å². The number of allylic oxidation sites excluding steroid dienone is 19. The summed E-state index contributed by atoms with van der Waals surface area (Å²) >= 11 is 21.9. The van der Waals surface area contributed by atoms with E-state index >= 15 is 0 Å². The quantitative estimate of drug-likeness (QED) is 0.0264. The first-order valence-electron chi connectivity index (χ1n) is 42.4. The second kappa shape index (κ2) is 42.3. The number of rotatable bonds is 24. The van der Waals surface area contributed by atoms with Crippen LogP contribution in [0.3, 0.4) is 0 Å². The van der Waals surface area contributed by atoms with Crippen molar-refractivity contribution in [1.82, 2.24) is 0 Å². The Bertz CT molecular complexity index is 6650. The molecule has 0 fully saturated rings. The Hall–Kier alpha value is -13.8. The first-order chi connectivity index (χ1) is 61.5. The summed E-state index contributed by atoms with van der Waals surface area (Å²) in [5, 5.41) is 37.1. The molecule has 0 unspecified atom stereocenters. The molecule has 0 spiro atoms. The number of carboxylic acids is 4. The van der Waals surface area contributed by atoms with E-state index in [0.29, 0.717) is 12.8 Å². The summed E-state index contributed by atoms with van der Waals surface area (Å²) in [6, 6.07) is 74.1. The second-order valence-electron chi connectivity index (χ2n) is 31.3. The van der Waals surface area contributed by atoms with Crippen molar-refractivity contribution in [3.05, 3.63) is 466 Å². The molecule has 0 amide bonds. The number of carboxylic acid groups (broad SMARTS) is 4. The Morgan fingerprint density at radius 2 is 0.764 bits per heavy atom. The maximum absolute atomic E-state index is 10.9. The van der Waals surface area contributed by atoms with Gasteiger partial charge in [-0.3, -0.25) is 0 Å². The van der Waals surface area contributed by atoms with Crippen molar-refractivity contribution in [3.63, 3.8) is 0 Å². The van der Waals surface area contributed by atoms with Crippen LogP contribution in [0.15, 0.2) is 323 Å². The zero-order valence-corrected chi connectivity index (χ0v) is 74.9. The number of halogens is 3. The van der Waals surface area contributed by atoms with Gasteiger partial charge in [0.2, 0.25) is 0 Å². The molecule has 4 N–H and O–H groups in total. The summed E-state index contributed by atoms with van der Waals surface area (Å²) in [6.07, 6.45) is 31.8. The summed E-state index contributed by atoms with van der Waals surface area (Å²) in [5.74, 6) is -3.84. The fourth-order valence-electron chi connectivity index (χ4n) is 17.4. The van der Waals surface area contributed by atoms with Crippen LogP contribution >= 0.6 is 46.1 Å². The summed E-state index contributed by atoms with van der Waals surface area (Å²) in [4.78, 5) is 52.2. The third-order valence-electron chi connectivity index (χ3n) is 23.3. The molecule has 0 saturated heterocycles. The van der Waals surface area contributed by atoms with E-state index < -0.39 is 23.9 Å². The van der Waals surface area contributed by atoms with Gasteiger partial charge in [0.1, 0.15) is 4.34 Å². The van der Waals surface area contributed by atoms with Gasteiger partial charge in [0.15, 0.2) is 11.4 Å². The Labute approximate surface area is 763 Å². The van der Waals surface area contributed by atoms with Crippen molar-refractivity contribution >= 4 is 151 Å². The molecule has 1 heterocycles. The monoisotopic (exact) mass is 1740 g/mol. The van der Waals surface area contributed by atoms with Crippen LogP contribution < -0.4 is 0 Å². The van der Waals surface area contributed by atoms with Crippen LogP contribution in [0.2, 0.25) is 9.36 Å². The van der Waals surface area contributed by atoms with Crippen molar-refractivity contribution in [1.29, 1.82) is 0 Å². The van der Waals surface area contributed by atoms with Gasteiger partial charge in [-0.1, -0.05) is 305 Å². The van der Waals surface area contributed by atoms with Gasteiger partial charge in [0.05, 0.1) is 18.2 Å². The molecule has 9 aromatic carbocycles. The minimum atomic E-state index is -0.977. The highest BCUT2D eigenvalue weighted by Gasteiger charge is 2.31. The molecule has 0 atom stereocenters. The smallest absolute Gasteiger partial charge is 0.328 e. The molecule has 0 radical (unpaired) electrons. The van der Waals surface area contributed by atoms with Gasteiger partial charge < -0.3 is 20.4 Å². The molecule has 632 valence electrons. The SMILES string of the molecule is CC/C(=C(\C1=C(C)c2ccccc2C1)c1ccc(/C=C/C(=O)O)cc1)c1ccc(C)cc1Cl.CC/C(=C(\C1=Cc2ccccc2C1)c1ccc(/C=C/C(=O)O)cc1)c1cc(C)sc1Cl.[C-]#[N+]C1=C(/C(CC)=C(/C2=C(Cl)c3ccccc3C2)c2ccc(/C=C/C(=O)O)cc2)C=CC1.[C-]#[N+]C1=C(/C(CC)=C(/C2=Cc3ccccc3C2)c2ccc(/C=C/C(=O)O)cc2)C=CC1. The Morgan fingerprint density at radius 3 is 1.14 bits per heavy atom. The van der Waals surface area contributed by atoms with Gasteiger partial charge in [0.25, 0.3) is 0 Å². The van der Waals surface area contributed by atoms with E-state index in [0.717, 1.165) is 196 Å². The van der Waals surface area contributed by atoms with E-state index in [9.17, 15) is 19.2 Å².